The molecule has 0 aromatic heterocycles. The molecule has 2 nitrogen and oxygen atoms in total. The zero-order chi connectivity index (χ0) is 5.82. The number of allylic oxidation sites excluding steroid dienone is 1. The average molecular weight is 109 g/mol. The van der Waals surface area contributed by atoms with Crippen molar-refractivity contribution in [1.29, 1.82) is 0 Å². The Bertz CT molecular complexity index is 147. The first kappa shape index (κ1) is 5.22. The molecule has 0 spiro atoms. The minimum absolute atomic E-state index is 0.705. The maximum Gasteiger partial charge on any atom is 0.151 e. The minimum atomic E-state index is 0.705. The fourth-order valence-corrected chi connectivity index (χ4v) is 0.607. The van der Waals surface area contributed by atoms with Gasteiger partial charge >= 0.3 is 0 Å². The van der Waals surface area contributed by atoms with Crippen molar-refractivity contribution in [2.75, 3.05) is 6.54 Å². The first-order valence-electron chi connectivity index (χ1n) is 2.58. The molecule has 0 saturated carbocycles. The first-order chi connectivity index (χ1) is 3.93. The van der Waals surface area contributed by atoms with Gasteiger partial charge in [-0.15, -0.1) is 0 Å². The van der Waals surface area contributed by atoms with E-state index in [-0.39, 0.29) is 0 Å². The Hall–Kier alpha value is -0.920. The van der Waals surface area contributed by atoms with Gasteiger partial charge in [0.2, 0.25) is 0 Å². The van der Waals surface area contributed by atoms with E-state index in [4.69, 9.17) is 0 Å². The molecule has 0 radical (unpaired) electrons. The van der Waals surface area contributed by atoms with Crippen molar-refractivity contribution in [1.82, 2.24) is 0 Å². The molecule has 0 amide bonds. The Kier molecular flexibility index (Phi) is 1.57. The number of carbonyl (C=O) groups is 1. The van der Waals surface area contributed by atoms with Crippen LogP contribution in [0.4, 0.5) is 0 Å². The van der Waals surface area contributed by atoms with Gasteiger partial charge in [-0.2, -0.15) is 0 Å². The monoisotopic (exact) mass is 109 g/mol. The number of nitrogens with zero attached hydrogens (tertiary/aromatic N) is 1. The van der Waals surface area contributed by atoms with Crippen molar-refractivity contribution >= 4 is 12.5 Å². The van der Waals surface area contributed by atoms with Gasteiger partial charge in [0.1, 0.15) is 0 Å². The highest BCUT2D eigenvalue weighted by molar-refractivity contribution is 6.02. The molecule has 1 aliphatic heterocycles. The SMILES string of the molecule is O=CC1=CCCN=C1. The lowest BCUT2D eigenvalue weighted by Crippen LogP contribution is -1.94. The second-order valence-corrected chi connectivity index (χ2v) is 1.65. The van der Waals surface area contributed by atoms with Crippen molar-refractivity contribution in [2.45, 2.75) is 6.42 Å². The van der Waals surface area contributed by atoms with Crippen molar-refractivity contribution < 1.29 is 4.79 Å². The lowest BCUT2D eigenvalue weighted by atomic mass is 10.2. The first-order valence-corrected chi connectivity index (χ1v) is 2.58. The number of aldehydes is 1. The topological polar surface area (TPSA) is 29.4 Å². The number of dihydropyridines is 1. The largest absolute Gasteiger partial charge is 0.298 e. The van der Waals surface area contributed by atoms with Crippen LogP contribution in [0.5, 0.6) is 0 Å². The quantitative estimate of drug-likeness (QED) is 0.453. The van der Waals surface area contributed by atoms with E-state index in [0.29, 0.717) is 5.57 Å². The summed E-state index contributed by atoms with van der Waals surface area (Å²) in [6, 6.07) is 0. The highest BCUT2D eigenvalue weighted by Crippen LogP contribution is 1.96. The van der Waals surface area contributed by atoms with E-state index in [2.05, 4.69) is 4.99 Å². The number of carbonyl (C=O) groups excluding carboxylic acids is 1. The minimum Gasteiger partial charge on any atom is -0.298 e. The second-order valence-electron chi connectivity index (χ2n) is 1.65. The number of rotatable bonds is 1. The molecule has 2 heteroatoms. The van der Waals surface area contributed by atoms with E-state index in [1.54, 1.807) is 6.21 Å². The Morgan fingerprint density at radius 1 is 1.75 bits per heavy atom. The Morgan fingerprint density at radius 3 is 3.00 bits per heavy atom. The van der Waals surface area contributed by atoms with Crippen molar-refractivity contribution in [3.05, 3.63) is 11.6 Å². The van der Waals surface area contributed by atoms with Crippen molar-refractivity contribution in [3.63, 3.8) is 0 Å². The van der Waals surface area contributed by atoms with Crippen LogP contribution >= 0.6 is 0 Å². The van der Waals surface area contributed by atoms with Crippen LogP contribution < -0.4 is 0 Å². The van der Waals surface area contributed by atoms with E-state index in [9.17, 15) is 4.79 Å². The lowest BCUT2D eigenvalue weighted by Gasteiger charge is -1.95. The summed E-state index contributed by atoms with van der Waals surface area (Å²) in [5.41, 5.74) is 0.705. The molecular weight excluding hydrogens is 102 g/mol. The van der Waals surface area contributed by atoms with Gasteiger partial charge in [-0.25, -0.2) is 0 Å². The van der Waals surface area contributed by atoms with Crippen LogP contribution in [-0.2, 0) is 4.79 Å². The third kappa shape index (κ3) is 1.03. The molecule has 0 aromatic rings. The van der Waals surface area contributed by atoms with E-state index < -0.39 is 0 Å². The molecule has 8 heavy (non-hydrogen) atoms. The fraction of sp³-hybridized carbons (Fsp3) is 0.333. The van der Waals surface area contributed by atoms with Gasteiger partial charge in [-0.1, -0.05) is 6.08 Å². The third-order valence-corrected chi connectivity index (χ3v) is 1.01. The molecule has 0 N–H and O–H groups in total. The van der Waals surface area contributed by atoms with E-state index in [1.807, 2.05) is 6.08 Å². The number of hydrogen-bond donors (Lipinski definition) is 0. The average Bonchev–Trinajstić information content (AvgIpc) is 1.90. The number of hydrogen-bond acceptors (Lipinski definition) is 2. The molecular formula is C6H7NO. The smallest absolute Gasteiger partial charge is 0.151 e. The van der Waals surface area contributed by atoms with Crippen molar-refractivity contribution in [3.8, 4) is 0 Å². The van der Waals surface area contributed by atoms with Crippen LogP contribution in [0.1, 0.15) is 6.42 Å². The fourth-order valence-electron chi connectivity index (χ4n) is 0.607. The Morgan fingerprint density at radius 2 is 2.62 bits per heavy atom. The zero-order valence-electron chi connectivity index (χ0n) is 4.50. The molecule has 0 aliphatic carbocycles. The maximum atomic E-state index is 10.0. The van der Waals surface area contributed by atoms with Crippen LogP contribution in [0, 0.1) is 0 Å². The highest BCUT2D eigenvalue weighted by atomic mass is 16.1. The van der Waals surface area contributed by atoms with Gasteiger partial charge < -0.3 is 0 Å². The molecule has 0 unspecified atom stereocenters. The standard InChI is InChI=1S/C6H7NO/c8-5-6-2-1-3-7-4-6/h2,4-5H,1,3H2. The molecule has 42 valence electrons. The van der Waals surface area contributed by atoms with Crippen LogP contribution in [0.3, 0.4) is 0 Å². The molecule has 1 rings (SSSR count). The predicted molar refractivity (Wildman–Crippen MR) is 32.1 cm³/mol. The predicted octanol–water partition coefficient (Wildman–Crippen LogP) is 0.586. The second kappa shape index (κ2) is 2.40. The Labute approximate surface area is 47.9 Å². The molecule has 1 heterocycles. The summed E-state index contributed by atoms with van der Waals surface area (Å²) < 4.78 is 0. The Balaban J connectivity index is 2.64. The molecule has 0 fully saturated rings. The highest BCUT2D eigenvalue weighted by Gasteiger charge is 1.92. The van der Waals surface area contributed by atoms with Gasteiger partial charge in [0.15, 0.2) is 6.29 Å². The zero-order valence-corrected chi connectivity index (χ0v) is 4.50. The van der Waals surface area contributed by atoms with E-state index >= 15 is 0 Å². The molecule has 0 bridgehead atoms. The van der Waals surface area contributed by atoms with Crippen LogP contribution in [0.2, 0.25) is 0 Å². The summed E-state index contributed by atoms with van der Waals surface area (Å²) in [4.78, 5) is 13.9. The summed E-state index contributed by atoms with van der Waals surface area (Å²) >= 11 is 0. The molecule has 0 atom stereocenters. The van der Waals surface area contributed by atoms with Gasteiger partial charge in [-0.05, 0) is 6.42 Å². The van der Waals surface area contributed by atoms with Crippen LogP contribution in [0.25, 0.3) is 0 Å². The van der Waals surface area contributed by atoms with E-state index in [1.165, 1.54) is 0 Å². The summed E-state index contributed by atoms with van der Waals surface area (Å²) in [7, 11) is 0. The van der Waals surface area contributed by atoms with Gasteiger partial charge in [0, 0.05) is 18.3 Å². The van der Waals surface area contributed by atoms with Crippen molar-refractivity contribution in [2.24, 2.45) is 4.99 Å². The van der Waals surface area contributed by atoms with Crippen LogP contribution in [-0.4, -0.2) is 19.0 Å². The molecule has 1 aliphatic rings. The summed E-state index contributed by atoms with van der Waals surface area (Å²) in [5, 5.41) is 0. The number of aliphatic imine (C=N–C) groups is 1. The molecule has 0 saturated heterocycles. The summed E-state index contributed by atoms with van der Waals surface area (Å²) in [6.07, 6.45) is 5.23. The lowest BCUT2D eigenvalue weighted by molar-refractivity contribution is -0.104. The van der Waals surface area contributed by atoms with Crippen LogP contribution in [0.15, 0.2) is 16.6 Å². The summed E-state index contributed by atoms with van der Waals surface area (Å²) in [6.45, 7) is 0.831. The van der Waals surface area contributed by atoms with Gasteiger partial charge in [-0.3, -0.25) is 9.79 Å². The third-order valence-electron chi connectivity index (χ3n) is 1.01. The van der Waals surface area contributed by atoms with Gasteiger partial charge in [0.25, 0.3) is 0 Å². The van der Waals surface area contributed by atoms with Gasteiger partial charge in [0.05, 0.1) is 0 Å². The maximum absolute atomic E-state index is 10.0. The van der Waals surface area contributed by atoms with E-state index in [0.717, 1.165) is 19.3 Å². The molecule has 0 aromatic carbocycles. The summed E-state index contributed by atoms with van der Waals surface area (Å²) in [5.74, 6) is 0. The normalized spacial score (nSPS) is 17.8.